The van der Waals surface area contributed by atoms with Crippen molar-refractivity contribution in [1.82, 2.24) is 4.72 Å². The molecule has 112 valence electrons. The van der Waals surface area contributed by atoms with E-state index in [2.05, 4.69) is 9.46 Å². The Morgan fingerprint density at radius 2 is 1.58 bits per heavy atom. The van der Waals surface area contributed by atoms with Gasteiger partial charge in [-0.1, -0.05) is 0 Å². The van der Waals surface area contributed by atoms with Gasteiger partial charge in [0.2, 0.25) is 10.0 Å². The Balaban J connectivity index is 4.76. The molecule has 0 aromatic carbocycles. The van der Waals surface area contributed by atoms with Crippen molar-refractivity contribution in [3.05, 3.63) is 0 Å². The smallest absolute Gasteiger partial charge is 0.325 e. The standard InChI is InChI=1S/C11H21NO6S/c1-7(9(13)18-11(3,4)5)12-19(15,16)8(2)10(14)17-6/h7-8,12H,1-6H3/t7-,8?/m1/s1. The van der Waals surface area contributed by atoms with Gasteiger partial charge in [0.25, 0.3) is 0 Å². The first-order valence-electron chi connectivity index (χ1n) is 5.72. The summed E-state index contributed by atoms with van der Waals surface area (Å²) in [5.74, 6) is -1.61. The van der Waals surface area contributed by atoms with Crippen LogP contribution in [-0.2, 0) is 29.1 Å². The topological polar surface area (TPSA) is 98.8 Å². The molecule has 0 rings (SSSR count). The molecule has 1 unspecified atom stereocenters. The summed E-state index contributed by atoms with van der Waals surface area (Å²) in [6.45, 7) is 7.53. The maximum atomic E-state index is 11.8. The zero-order chi connectivity index (χ0) is 15.4. The van der Waals surface area contributed by atoms with Crippen molar-refractivity contribution in [1.29, 1.82) is 0 Å². The number of hydrogen-bond donors (Lipinski definition) is 1. The van der Waals surface area contributed by atoms with Crippen molar-refractivity contribution in [3.8, 4) is 0 Å². The molecule has 0 radical (unpaired) electrons. The van der Waals surface area contributed by atoms with Crippen molar-refractivity contribution in [3.63, 3.8) is 0 Å². The molecule has 0 aromatic rings. The van der Waals surface area contributed by atoms with Gasteiger partial charge < -0.3 is 9.47 Å². The molecule has 0 aliphatic rings. The first-order chi connectivity index (χ1) is 8.40. The summed E-state index contributed by atoms with van der Waals surface area (Å²) in [7, 11) is -2.91. The van der Waals surface area contributed by atoms with Crippen LogP contribution in [0.5, 0.6) is 0 Å². The lowest BCUT2D eigenvalue weighted by Gasteiger charge is -2.23. The molecule has 0 aliphatic heterocycles. The summed E-state index contributed by atoms with van der Waals surface area (Å²) in [5, 5.41) is -1.40. The maximum absolute atomic E-state index is 11.8. The van der Waals surface area contributed by atoms with Crippen molar-refractivity contribution in [2.45, 2.75) is 51.5 Å². The number of methoxy groups -OCH3 is 1. The van der Waals surface area contributed by atoms with Gasteiger partial charge >= 0.3 is 11.9 Å². The summed E-state index contributed by atoms with van der Waals surface area (Å²) >= 11 is 0. The molecule has 0 saturated carbocycles. The van der Waals surface area contributed by atoms with E-state index in [1.165, 1.54) is 13.8 Å². The minimum absolute atomic E-state index is 0.715. The van der Waals surface area contributed by atoms with Crippen LogP contribution in [0.3, 0.4) is 0 Å². The van der Waals surface area contributed by atoms with Gasteiger partial charge in [-0.15, -0.1) is 0 Å². The number of sulfonamides is 1. The molecule has 2 atom stereocenters. The highest BCUT2D eigenvalue weighted by Gasteiger charge is 2.33. The van der Waals surface area contributed by atoms with Crippen LogP contribution < -0.4 is 4.72 Å². The van der Waals surface area contributed by atoms with Gasteiger partial charge in [-0.2, -0.15) is 0 Å². The van der Waals surface area contributed by atoms with Crippen molar-refractivity contribution in [2.24, 2.45) is 0 Å². The van der Waals surface area contributed by atoms with Crippen LogP contribution in [-0.4, -0.2) is 44.4 Å². The Bertz CT molecular complexity index is 437. The molecule has 0 saturated heterocycles. The first kappa shape index (κ1) is 17.8. The number of ether oxygens (including phenoxy) is 2. The Morgan fingerprint density at radius 1 is 1.11 bits per heavy atom. The molecule has 0 aliphatic carbocycles. The highest BCUT2D eigenvalue weighted by atomic mass is 32.2. The summed E-state index contributed by atoms with van der Waals surface area (Å²) in [6, 6.07) is -1.09. The molecule has 1 N–H and O–H groups in total. The van der Waals surface area contributed by atoms with Gasteiger partial charge in [0.05, 0.1) is 7.11 Å². The normalized spacial score (nSPS) is 15.5. The SMILES string of the molecule is COC(=O)C(C)S(=O)(=O)N[C@H](C)C(=O)OC(C)(C)C. The number of hydrogen-bond acceptors (Lipinski definition) is 6. The highest BCUT2D eigenvalue weighted by molar-refractivity contribution is 7.90. The zero-order valence-corrected chi connectivity index (χ0v) is 12.8. The molecule has 0 amide bonds. The van der Waals surface area contributed by atoms with Crippen molar-refractivity contribution in [2.75, 3.05) is 7.11 Å². The lowest BCUT2D eigenvalue weighted by atomic mass is 10.2. The van der Waals surface area contributed by atoms with Gasteiger partial charge in [-0.05, 0) is 34.6 Å². The lowest BCUT2D eigenvalue weighted by Crippen LogP contribution is -2.47. The van der Waals surface area contributed by atoms with E-state index in [1.807, 2.05) is 0 Å². The minimum atomic E-state index is -4.00. The summed E-state index contributed by atoms with van der Waals surface area (Å²) in [6.07, 6.45) is 0. The van der Waals surface area contributed by atoms with E-state index >= 15 is 0 Å². The molecule has 0 heterocycles. The second-order valence-corrected chi connectivity index (χ2v) is 7.12. The molecule has 7 nitrogen and oxygen atoms in total. The van der Waals surface area contributed by atoms with Gasteiger partial charge in [-0.3, -0.25) is 9.59 Å². The predicted molar refractivity (Wildman–Crippen MR) is 68.8 cm³/mol. The molecule has 19 heavy (non-hydrogen) atoms. The van der Waals surface area contributed by atoms with Crippen LogP contribution in [0.25, 0.3) is 0 Å². The second kappa shape index (κ2) is 6.33. The van der Waals surface area contributed by atoms with Gasteiger partial charge in [0, 0.05) is 0 Å². The zero-order valence-electron chi connectivity index (χ0n) is 12.0. The summed E-state index contributed by atoms with van der Waals surface area (Å²) in [4.78, 5) is 22.8. The molecule has 0 bridgehead atoms. The Labute approximate surface area is 113 Å². The Hall–Kier alpha value is -1.15. The fourth-order valence-electron chi connectivity index (χ4n) is 1.08. The molecule has 8 heteroatoms. The Kier molecular flexibility index (Phi) is 5.95. The van der Waals surface area contributed by atoms with E-state index < -0.39 is 38.9 Å². The van der Waals surface area contributed by atoms with Crippen molar-refractivity contribution >= 4 is 22.0 Å². The third kappa shape index (κ3) is 6.02. The van der Waals surface area contributed by atoms with Crippen LogP contribution in [0.2, 0.25) is 0 Å². The fourth-order valence-corrected chi connectivity index (χ4v) is 2.22. The van der Waals surface area contributed by atoms with E-state index in [0.717, 1.165) is 7.11 Å². The highest BCUT2D eigenvalue weighted by Crippen LogP contribution is 2.09. The number of esters is 2. The lowest BCUT2D eigenvalue weighted by molar-refractivity contribution is -0.156. The van der Waals surface area contributed by atoms with Crippen LogP contribution in [0.1, 0.15) is 34.6 Å². The minimum Gasteiger partial charge on any atom is -0.468 e. The van der Waals surface area contributed by atoms with E-state index in [-0.39, 0.29) is 0 Å². The van der Waals surface area contributed by atoms with Gasteiger partial charge in [0.1, 0.15) is 11.6 Å². The van der Waals surface area contributed by atoms with Crippen LogP contribution >= 0.6 is 0 Å². The van der Waals surface area contributed by atoms with E-state index in [0.29, 0.717) is 0 Å². The average Bonchev–Trinajstić information content (AvgIpc) is 2.23. The Morgan fingerprint density at radius 3 is 1.95 bits per heavy atom. The second-order valence-electron chi connectivity index (χ2n) is 5.08. The van der Waals surface area contributed by atoms with Crippen LogP contribution in [0.15, 0.2) is 0 Å². The molecular weight excluding hydrogens is 274 g/mol. The molecule has 0 aromatic heterocycles. The number of nitrogens with one attached hydrogen (secondary N) is 1. The quantitative estimate of drug-likeness (QED) is 0.727. The number of rotatable bonds is 5. The fraction of sp³-hybridized carbons (Fsp3) is 0.818. The summed E-state index contributed by atoms with van der Waals surface area (Å²) in [5.41, 5.74) is -0.718. The van der Waals surface area contributed by atoms with E-state index in [9.17, 15) is 18.0 Å². The third-order valence-electron chi connectivity index (χ3n) is 2.10. The van der Waals surface area contributed by atoms with Gasteiger partial charge in [0.15, 0.2) is 5.25 Å². The van der Waals surface area contributed by atoms with Crippen LogP contribution in [0, 0.1) is 0 Å². The predicted octanol–water partition coefficient (Wildman–Crippen LogP) is 0.198. The average molecular weight is 295 g/mol. The summed E-state index contributed by atoms with van der Waals surface area (Å²) < 4.78 is 35.1. The molecular formula is C11H21NO6S. The third-order valence-corrected chi connectivity index (χ3v) is 3.91. The van der Waals surface area contributed by atoms with Gasteiger partial charge in [-0.25, -0.2) is 13.1 Å². The monoisotopic (exact) mass is 295 g/mol. The number of carbonyl (C=O) groups excluding carboxylic acids is 2. The van der Waals surface area contributed by atoms with Crippen LogP contribution in [0.4, 0.5) is 0 Å². The van der Waals surface area contributed by atoms with Crippen molar-refractivity contribution < 1.29 is 27.5 Å². The maximum Gasteiger partial charge on any atom is 0.325 e. The number of carbonyl (C=O) groups is 2. The van der Waals surface area contributed by atoms with E-state index in [4.69, 9.17) is 4.74 Å². The first-order valence-corrected chi connectivity index (χ1v) is 7.27. The van der Waals surface area contributed by atoms with E-state index in [1.54, 1.807) is 20.8 Å². The molecule has 0 spiro atoms. The largest absolute Gasteiger partial charge is 0.468 e. The molecule has 0 fully saturated rings.